The molecule has 1 saturated carbocycles. The monoisotopic (exact) mass is 271 g/mol. The van der Waals surface area contributed by atoms with Crippen molar-refractivity contribution in [2.45, 2.75) is 69.1 Å². The van der Waals surface area contributed by atoms with Gasteiger partial charge in [-0.3, -0.25) is 0 Å². The van der Waals surface area contributed by atoms with Crippen LogP contribution in [-0.2, 0) is 17.6 Å². The Morgan fingerprint density at radius 1 is 1.00 bits per heavy atom. The first-order valence-corrected chi connectivity index (χ1v) is 8.30. The lowest BCUT2D eigenvalue weighted by atomic mass is 9.88. The van der Waals surface area contributed by atoms with Crippen LogP contribution in [0.4, 0.5) is 0 Å². The molecule has 1 atom stereocenters. The summed E-state index contributed by atoms with van der Waals surface area (Å²) in [6, 6.07) is 10.2. The number of hydrogen-bond acceptors (Lipinski definition) is 2. The minimum atomic E-state index is 0.237. The fraction of sp³-hybridized carbons (Fsp3) is 0.667. The molecule has 1 aliphatic heterocycles. The summed E-state index contributed by atoms with van der Waals surface area (Å²) in [5, 5.41) is 3.94. The summed E-state index contributed by atoms with van der Waals surface area (Å²) in [5.74, 6) is 0. The van der Waals surface area contributed by atoms with Gasteiger partial charge in [0.2, 0.25) is 0 Å². The molecule has 0 bridgehead atoms. The number of hydrogen-bond donors (Lipinski definition) is 1. The Hall–Kier alpha value is -0.860. The van der Waals surface area contributed by atoms with Crippen LogP contribution in [0.15, 0.2) is 24.3 Å². The first-order valence-electron chi connectivity index (χ1n) is 8.30. The largest absolute Gasteiger partial charge is 0.375 e. The minimum Gasteiger partial charge on any atom is -0.375 e. The van der Waals surface area contributed by atoms with Crippen molar-refractivity contribution in [1.29, 1.82) is 0 Å². The van der Waals surface area contributed by atoms with Crippen molar-refractivity contribution in [1.82, 2.24) is 5.32 Å². The van der Waals surface area contributed by atoms with Crippen molar-refractivity contribution in [2.24, 2.45) is 0 Å². The molecule has 1 unspecified atom stereocenters. The molecule has 0 aromatic heterocycles. The predicted octanol–water partition coefficient (Wildman–Crippen LogP) is 3.24. The number of fused-ring (bicyclic) bond motifs is 1. The van der Waals surface area contributed by atoms with E-state index in [-0.39, 0.29) is 5.60 Å². The highest BCUT2D eigenvalue weighted by Crippen LogP contribution is 2.40. The van der Waals surface area contributed by atoms with Crippen molar-refractivity contribution in [2.75, 3.05) is 6.61 Å². The van der Waals surface area contributed by atoms with Gasteiger partial charge in [0.1, 0.15) is 0 Å². The normalized spacial score (nSPS) is 28.9. The van der Waals surface area contributed by atoms with Gasteiger partial charge in [-0.1, -0.05) is 37.1 Å². The smallest absolute Gasteiger partial charge is 0.0697 e. The molecule has 1 aromatic rings. The molecule has 3 aliphatic rings. The zero-order valence-corrected chi connectivity index (χ0v) is 12.2. The Kier molecular flexibility index (Phi) is 3.31. The van der Waals surface area contributed by atoms with Crippen molar-refractivity contribution in [3.8, 4) is 0 Å². The van der Waals surface area contributed by atoms with E-state index < -0.39 is 0 Å². The van der Waals surface area contributed by atoms with E-state index >= 15 is 0 Å². The van der Waals surface area contributed by atoms with Crippen LogP contribution < -0.4 is 5.32 Å². The highest BCUT2D eigenvalue weighted by atomic mass is 16.5. The van der Waals surface area contributed by atoms with Crippen LogP contribution in [0.3, 0.4) is 0 Å². The zero-order chi connectivity index (χ0) is 13.4. The summed E-state index contributed by atoms with van der Waals surface area (Å²) in [5.41, 5.74) is 3.33. The molecule has 0 radical (unpaired) electrons. The fourth-order valence-corrected chi connectivity index (χ4v) is 4.55. The molecule has 1 saturated heterocycles. The van der Waals surface area contributed by atoms with Gasteiger partial charge < -0.3 is 10.1 Å². The van der Waals surface area contributed by atoms with Gasteiger partial charge >= 0.3 is 0 Å². The summed E-state index contributed by atoms with van der Waals surface area (Å²) in [6.07, 6.45) is 10.1. The lowest BCUT2D eigenvalue weighted by Gasteiger charge is -2.39. The Labute approximate surface area is 121 Å². The van der Waals surface area contributed by atoms with E-state index in [1.54, 1.807) is 11.1 Å². The highest BCUT2D eigenvalue weighted by Gasteiger charge is 2.40. The van der Waals surface area contributed by atoms with Crippen molar-refractivity contribution in [3.05, 3.63) is 35.4 Å². The number of ether oxygens (including phenoxy) is 1. The van der Waals surface area contributed by atoms with E-state index in [1.165, 1.54) is 51.4 Å². The fourth-order valence-electron chi connectivity index (χ4n) is 4.55. The van der Waals surface area contributed by atoms with Crippen molar-refractivity contribution in [3.63, 3.8) is 0 Å². The number of rotatable bonds is 2. The van der Waals surface area contributed by atoms with Crippen LogP contribution in [0.25, 0.3) is 0 Å². The maximum Gasteiger partial charge on any atom is 0.0697 e. The van der Waals surface area contributed by atoms with Gasteiger partial charge in [-0.2, -0.15) is 0 Å². The molecular formula is C18H25NO. The third-order valence-corrected chi connectivity index (χ3v) is 5.53. The molecule has 2 heteroatoms. The van der Waals surface area contributed by atoms with Gasteiger partial charge in [0, 0.05) is 18.7 Å². The lowest BCUT2D eigenvalue weighted by molar-refractivity contribution is -0.0846. The van der Waals surface area contributed by atoms with Crippen LogP contribution in [0.5, 0.6) is 0 Å². The number of benzene rings is 1. The summed E-state index contributed by atoms with van der Waals surface area (Å²) in [4.78, 5) is 0. The molecule has 1 spiro atoms. The quantitative estimate of drug-likeness (QED) is 0.891. The second kappa shape index (κ2) is 5.16. The molecule has 2 aliphatic carbocycles. The van der Waals surface area contributed by atoms with E-state index in [9.17, 15) is 0 Å². The van der Waals surface area contributed by atoms with Gasteiger partial charge in [0.25, 0.3) is 0 Å². The summed E-state index contributed by atoms with van der Waals surface area (Å²) < 4.78 is 6.14. The molecule has 0 amide bonds. The van der Waals surface area contributed by atoms with E-state index in [2.05, 4.69) is 29.6 Å². The Balaban J connectivity index is 1.38. The topological polar surface area (TPSA) is 21.3 Å². The van der Waals surface area contributed by atoms with Crippen molar-refractivity contribution >= 4 is 0 Å². The minimum absolute atomic E-state index is 0.237. The lowest BCUT2D eigenvalue weighted by Crippen LogP contribution is -2.48. The molecule has 108 valence electrons. The molecule has 2 nitrogen and oxygen atoms in total. The van der Waals surface area contributed by atoms with Gasteiger partial charge in [0.15, 0.2) is 0 Å². The Morgan fingerprint density at radius 2 is 1.70 bits per heavy atom. The summed E-state index contributed by atoms with van der Waals surface area (Å²) in [7, 11) is 0. The van der Waals surface area contributed by atoms with Crippen LogP contribution in [0.1, 0.15) is 49.7 Å². The number of nitrogens with one attached hydrogen (secondary N) is 1. The standard InChI is InChI=1S/C18H25NO/c1-2-6-15-12-17(11-14(15)5-1)19-16-7-10-20-18(13-16)8-3-4-9-18/h1-2,5-6,16-17,19H,3-4,7-13H2. The van der Waals surface area contributed by atoms with Crippen LogP contribution in [0.2, 0.25) is 0 Å². The second-order valence-electron chi connectivity index (χ2n) is 6.97. The van der Waals surface area contributed by atoms with Gasteiger partial charge in [-0.05, 0) is 49.7 Å². The van der Waals surface area contributed by atoms with Crippen LogP contribution in [-0.4, -0.2) is 24.3 Å². The van der Waals surface area contributed by atoms with Crippen LogP contribution in [0, 0.1) is 0 Å². The van der Waals surface area contributed by atoms with E-state index in [0.29, 0.717) is 12.1 Å². The average Bonchev–Trinajstić information content (AvgIpc) is 3.05. The highest BCUT2D eigenvalue weighted by molar-refractivity contribution is 5.33. The van der Waals surface area contributed by atoms with Gasteiger partial charge in [0.05, 0.1) is 5.60 Å². The Morgan fingerprint density at radius 3 is 2.40 bits per heavy atom. The molecule has 1 aromatic carbocycles. The van der Waals surface area contributed by atoms with E-state index in [0.717, 1.165) is 6.61 Å². The predicted molar refractivity (Wildman–Crippen MR) is 80.9 cm³/mol. The van der Waals surface area contributed by atoms with E-state index in [1.807, 2.05) is 0 Å². The van der Waals surface area contributed by atoms with Gasteiger partial charge in [-0.15, -0.1) is 0 Å². The van der Waals surface area contributed by atoms with Crippen molar-refractivity contribution < 1.29 is 4.74 Å². The third-order valence-electron chi connectivity index (χ3n) is 5.53. The molecular weight excluding hydrogens is 246 g/mol. The first kappa shape index (κ1) is 12.8. The maximum atomic E-state index is 6.14. The van der Waals surface area contributed by atoms with E-state index in [4.69, 9.17) is 4.74 Å². The molecule has 1 N–H and O–H groups in total. The Bertz CT molecular complexity index is 453. The molecule has 2 fully saturated rings. The molecule has 4 rings (SSSR count). The summed E-state index contributed by atoms with van der Waals surface area (Å²) >= 11 is 0. The zero-order valence-electron chi connectivity index (χ0n) is 12.2. The first-order chi connectivity index (χ1) is 9.83. The van der Waals surface area contributed by atoms with Crippen LogP contribution >= 0.6 is 0 Å². The third kappa shape index (κ3) is 2.40. The maximum absolute atomic E-state index is 6.14. The molecule has 1 heterocycles. The van der Waals surface area contributed by atoms with Gasteiger partial charge in [-0.25, -0.2) is 0 Å². The average molecular weight is 271 g/mol. The summed E-state index contributed by atoms with van der Waals surface area (Å²) in [6.45, 7) is 0.956. The second-order valence-corrected chi connectivity index (χ2v) is 6.97. The molecule has 20 heavy (non-hydrogen) atoms. The SMILES string of the molecule is c1ccc2c(c1)CC(NC1CCOC3(CCCC3)C1)C2.